The van der Waals surface area contributed by atoms with E-state index in [1.165, 1.54) is 0 Å². The number of ether oxygens (including phenoxy) is 5. The third-order valence-electron chi connectivity index (χ3n) is 6.09. The van der Waals surface area contributed by atoms with Crippen molar-refractivity contribution in [3.63, 3.8) is 0 Å². The molecular formula is C18H32O16. The Morgan fingerprint density at radius 2 is 0.853 bits per heavy atom. The fraction of sp³-hybridized carbons (Fsp3) is 1.00. The Kier molecular flexibility index (Phi) is 9.54. The fourth-order valence-electron chi connectivity index (χ4n) is 4.06. The lowest BCUT2D eigenvalue weighted by atomic mass is 9.96. The van der Waals surface area contributed by atoms with Crippen molar-refractivity contribution in [1.82, 2.24) is 0 Å². The SMILES string of the molecule is OC[C@@H]1OC(O[C@H]2[C@H](O)[C@@H](O)[C@@H](O[C@H]3[C@H](O)[C@@H](O)C(O)O[C@@H]3CO)O[C@@H]2CO)[C@@H](O)[C@H](O)[C@H]1O. The van der Waals surface area contributed by atoms with E-state index in [0.29, 0.717) is 0 Å². The van der Waals surface area contributed by atoms with E-state index in [-0.39, 0.29) is 0 Å². The summed E-state index contributed by atoms with van der Waals surface area (Å²) in [5, 5.41) is 109. The Hall–Kier alpha value is -0.640. The highest BCUT2D eigenvalue weighted by atomic mass is 16.8. The average Bonchev–Trinajstić information content (AvgIpc) is 2.83. The molecule has 0 spiro atoms. The average molecular weight is 504 g/mol. The summed E-state index contributed by atoms with van der Waals surface area (Å²) in [6, 6.07) is 0. The van der Waals surface area contributed by atoms with Gasteiger partial charge in [-0.2, -0.15) is 0 Å². The van der Waals surface area contributed by atoms with E-state index in [1.54, 1.807) is 0 Å². The number of hydrogen-bond acceptors (Lipinski definition) is 16. The molecule has 11 N–H and O–H groups in total. The van der Waals surface area contributed by atoms with Crippen LogP contribution in [-0.2, 0) is 23.7 Å². The first kappa shape index (κ1) is 27.9. The van der Waals surface area contributed by atoms with Crippen LogP contribution in [0.4, 0.5) is 0 Å². The van der Waals surface area contributed by atoms with Gasteiger partial charge in [0.05, 0.1) is 19.8 Å². The number of hydrogen-bond donors (Lipinski definition) is 11. The van der Waals surface area contributed by atoms with Crippen LogP contribution >= 0.6 is 0 Å². The van der Waals surface area contributed by atoms with Gasteiger partial charge in [-0.3, -0.25) is 0 Å². The highest BCUT2D eigenvalue weighted by Gasteiger charge is 2.53. The summed E-state index contributed by atoms with van der Waals surface area (Å²) >= 11 is 0. The molecule has 15 atom stereocenters. The third-order valence-corrected chi connectivity index (χ3v) is 6.09. The van der Waals surface area contributed by atoms with Crippen molar-refractivity contribution in [1.29, 1.82) is 0 Å². The van der Waals surface area contributed by atoms with E-state index in [2.05, 4.69) is 0 Å². The molecule has 200 valence electrons. The van der Waals surface area contributed by atoms with E-state index in [1.807, 2.05) is 0 Å². The maximum absolute atomic E-state index is 10.6. The largest absolute Gasteiger partial charge is 0.394 e. The molecule has 0 saturated carbocycles. The zero-order valence-electron chi connectivity index (χ0n) is 17.7. The Labute approximate surface area is 192 Å². The van der Waals surface area contributed by atoms with Gasteiger partial charge in [-0.15, -0.1) is 0 Å². The molecule has 34 heavy (non-hydrogen) atoms. The predicted octanol–water partition coefficient (Wildman–Crippen LogP) is -7.57. The van der Waals surface area contributed by atoms with Gasteiger partial charge in [0.25, 0.3) is 0 Å². The minimum atomic E-state index is -1.91. The maximum Gasteiger partial charge on any atom is 0.187 e. The van der Waals surface area contributed by atoms with Crippen molar-refractivity contribution in [2.75, 3.05) is 19.8 Å². The van der Waals surface area contributed by atoms with Crippen molar-refractivity contribution in [2.45, 2.75) is 92.1 Å². The smallest absolute Gasteiger partial charge is 0.187 e. The van der Waals surface area contributed by atoms with Crippen LogP contribution in [0.15, 0.2) is 0 Å². The molecule has 0 bridgehead atoms. The molecular weight excluding hydrogens is 472 g/mol. The Balaban J connectivity index is 1.72. The van der Waals surface area contributed by atoms with Crippen LogP contribution in [0.2, 0.25) is 0 Å². The van der Waals surface area contributed by atoms with Gasteiger partial charge in [0.2, 0.25) is 0 Å². The summed E-state index contributed by atoms with van der Waals surface area (Å²) in [5.41, 5.74) is 0. The van der Waals surface area contributed by atoms with Crippen LogP contribution < -0.4 is 0 Å². The number of rotatable bonds is 7. The lowest BCUT2D eigenvalue weighted by Gasteiger charge is -2.47. The van der Waals surface area contributed by atoms with Gasteiger partial charge in [-0.25, -0.2) is 0 Å². The van der Waals surface area contributed by atoms with Crippen LogP contribution in [0.3, 0.4) is 0 Å². The standard InChI is InChI=1S/C18H32O16/c19-1-4-7(22)8(23)12(27)17(31-4)34-15-6(3-21)32-18(13(28)10(15)25)33-14-5(2-20)30-16(29)11(26)9(14)24/h4-29H,1-3H2/t4-,5+,6+,7-,8+,9+,10+,11+,12-,13+,14+,15+,16?,17?,18+/m0/s1. The molecule has 0 aromatic heterocycles. The van der Waals surface area contributed by atoms with E-state index in [9.17, 15) is 56.2 Å². The van der Waals surface area contributed by atoms with Crippen molar-refractivity contribution in [3.8, 4) is 0 Å². The summed E-state index contributed by atoms with van der Waals surface area (Å²) in [7, 11) is 0. The van der Waals surface area contributed by atoms with Gasteiger partial charge >= 0.3 is 0 Å². The second kappa shape index (κ2) is 11.6. The van der Waals surface area contributed by atoms with Crippen molar-refractivity contribution in [2.24, 2.45) is 0 Å². The number of aliphatic hydroxyl groups excluding tert-OH is 11. The van der Waals surface area contributed by atoms with Crippen LogP contribution in [0.1, 0.15) is 0 Å². The minimum absolute atomic E-state index is 0.741. The summed E-state index contributed by atoms with van der Waals surface area (Å²) in [5.74, 6) is 0. The van der Waals surface area contributed by atoms with Crippen molar-refractivity contribution < 1.29 is 79.9 Å². The molecule has 0 aliphatic carbocycles. The Morgan fingerprint density at radius 1 is 0.441 bits per heavy atom. The Bertz CT molecular complexity index is 635. The molecule has 0 aromatic rings. The summed E-state index contributed by atoms with van der Waals surface area (Å²) in [6.45, 7) is -2.32. The second-order valence-corrected chi connectivity index (χ2v) is 8.33. The quantitative estimate of drug-likeness (QED) is 0.154. The molecule has 0 amide bonds. The number of aliphatic hydroxyl groups is 11. The third kappa shape index (κ3) is 5.37. The van der Waals surface area contributed by atoms with Crippen LogP contribution in [-0.4, -0.2) is 168 Å². The first-order valence-corrected chi connectivity index (χ1v) is 10.6. The van der Waals surface area contributed by atoms with Gasteiger partial charge < -0.3 is 79.9 Å². The van der Waals surface area contributed by atoms with Gasteiger partial charge in [0.1, 0.15) is 73.2 Å². The highest BCUT2D eigenvalue weighted by molar-refractivity contribution is 4.96. The van der Waals surface area contributed by atoms with Gasteiger partial charge in [0.15, 0.2) is 18.9 Å². The molecule has 3 heterocycles. The Morgan fingerprint density at radius 3 is 1.35 bits per heavy atom. The molecule has 2 unspecified atom stereocenters. The first-order chi connectivity index (χ1) is 16.0. The minimum Gasteiger partial charge on any atom is -0.394 e. The highest BCUT2D eigenvalue weighted by Crippen LogP contribution is 2.32. The lowest BCUT2D eigenvalue weighted by molar-refractivity contribution is -0.377. The summed E-state index contributed by atoms with van der Waals surface area (Å²) in [4.78, 5) is 0. The normalized spacial score (nSPS) is 52.5. The van der Waals surface area contributed by atoms with Crippen molar-refractivity contribution in [3.05, 3.63) is 0 Å². The van der Waals surface area contributed by atoms with E-state index < -0.39 is 112 Å². The molecule has 3 rings (SSSR count). The van der Waals surface area contributed by atoms with Gasteiger partial charge in [0, 0.05) is 0 Å². The molecule has 0 radical (unpaired) electrons. The van der Waals surface area contributed by atoms with E-state index >= 15 is 0 Å². The van der Waals surface area contributed by atoms with Crippen molar-refractivity contribution >= 4 is 0 Å². The monoisotopic (exact) mass is 504 g/mol. The van der Waals surface area contributed by atoms with E-state index in [4.69, 9.17) is 23.7 Å². The second-order valence-electron chi connectivity index (χ2n) is 8.33. The summed E-state index contributed by atoms with van der Waals surface area (Å²) < 4.78 is 26.4. The maximum atomic E-state index is 10.6. The molecule has 3 aliphatic heterocycles. The van der Waals surface area contributed by atoms with E-state index in [0.717, 1.165) is 0 Å². The molecule has 16 heteroatoms. The zero-order valence-corrected chi connectivity index (χ0v) is 17.7. The topological polar surface area (TPSA) is 269 Å². The molecule has 3 aliphatic rings. The van der Waals surface area contributed by atoms with Gasteiger partial charge in [-0.1, -0.05) is 0 Å². The predicted molar refractivity (Wildman–Crippen MR) is 101 cm³/mol. The summed E-state index contributed by atoms with van der Waals surface area (Å²) in [6.07, 6.45) is -25.1. The first-order valence-electron chi connectivity index (χ1n) is 10.6. The lowest BCUT2D eigenvalue weighted by Crippen LogP contribution is -2.66. The fourth-order valence-corrected chi connectivity index (χ4v) is 4.06. The molecule has 16 nitrogen and oxygen atoms in total. The van der Waals surface area contributed by atoms with Crippen LogP contribution in [0, 0.1) is 0 Å². The zero-order chi connectivity index (χ0) is 25.3. The molecule has 0 aromatic carbocycles. The molecule has 3 fully saturated rings. The van der Waals surface area contributed by atoms with Crippen LogP contribution in [0.5, 0.6) is 0 Å². The van der Waals surface area contributed by atoms with Gasteiger partial charge in [-0.05, 0) is 0 Å². The molecule has 3 saturated heterocycles. The van der Waals surface area contributed by atoms with Crippen LogP contribution in [0.25, 0.3) is 0 Å².